The first-order valence-corrected chi connectivity index (χ1v) is 11.2. The Balaban J connectivity index is 1.48. The van der Waals surface area contributed by atoms with Crippen LogP contribution in [0.5, 0.6) is 5.75 Å². The lowest BCUT2D eigenvalue weighted by Crippen LogP contribution is -2.40. The number of ether oxygens (including phenoxy) is 1. The Hall–Kier alpha value is -1.61. The summed E-state index contributed by atoms with van der Waals surface area (Å²) in [6.07, 6.45) is 7.79. The number of nitrogens with zero attached hydrogens (tertiary/aromatic N) is 3. The van der Waals surface area contributed by atoms with Gasteiger partial charge in [-0.1, -0.05) is 37.5 Å². The van der Waals surface area contributed by atoms with E-state index in [2.05, 4.69) is 35.9 Å². The third kappa shape index (κ3) is 6.44. The summed E-state index contributed by atoms with van der Waals surface area (Å²) in [5, 5.41) is 19.8. The summed E-state index contributed by atoms with van der Waals surface area (Å²) in [6, 6.07) is 11.2. The van der Waals surface area contributed by atoms with Crippen molar-refractivity contribution in [3.8, 4) is 11.8 Å². The van der Waals surface area contributed by atoms with Crippen molar-refractivity contribution in [1.29, 1.82) is 5.26 Å². The molecule has 1 aromatic rings. The fraction of sp³-hybridized carbons (Fsp3) is 0.708. The van der Waals surface area contributed by atoms with Crippen molar-refractivity contribution in [3.05, 3.63) is 29.8 Å². The van der Waals surface area contributed by atoms with Crippen LogP contribution < -0.4 is 4.74 Å². The first kappa shape index (κ1) is 22.1. The Labute approximate surface area is 176 Å². The zero-order valence-electron chi connectivity index (χ0n) is 18.1. The number of benzene rings is 1. The standard InChI is InChI=1S/C24H37N3O2/c1-24(19-25)12-14-27(15-13-24)16-20-8-6-7-11-23(20)29-18-22(28)17-26(2)21-9-4-3-5-10-21/h6-8,11,21-22,28H,3-5,9-10,12-18H2,1-2H3/t22-/m1/s1. The quantitative estimate of drug-likeness (QED) is 0.720. The monoisotopic (exact) mass is 399 g/mol. The third-order valence-electron chi connectivity index (χ3n) is 6.72. The molecule has 1 N–H and O–H groups in total. The molecule has 2 fully saturated rings. The molecule has 0 amide bonds. The number of likely N-dealkylation sites (tertiary alicyclic amines) is 1. The lowest BCUT2D eigenvalue weighted by molar-refractivity contribution is 0.0554. The zero-order chi connectivity index (χ0) is 20.7. The van der Waals surface area contributed by atoms with Crippen LogP contribution >= 0.6 is 0 Å². The summed E-state index contributed by atoms with van der Waals surface area (Å²) in [6.45, 7) is 5.75. The molecule has 0 aromatic heterocycles. The van der Waals surface area contributed by atoms with E-state index >= 15 is 0 Å². The van der Waals surface area contributed by atoms with Gasteiger partial charge in [-0.15, -0.1) is 0 Å². The Morgan fingerprint density at radius 2 is 1.93 bits per heavy atom. The highest BCUT2D eigenvalue weighted by atomic mass is 16.5. The Kier molecular flexibility index (Phi) is 7.94. The van der Waals surface area contributed by atoms with Gasteiger partial charge in [0.2, 0.25) is 0 Å². The number of aliphatic hydroxyl groups is 1. The van der Waals surface area contributed by atoms with Crippen LogP contribution in [0.2, 0.25) is 0 Å². The topological polar surface area (TPSA) is 59.7 Å². The van der Waals surface area contributed by atoms with Crippen molar-refractivity contribution < 1.29 is 9.84 Å². The fourth-order valence-electron chi connectivity index (χ4n) is 4.57. The van der Waals surface area contributed by atoms with Gasteiger partial charge in [-0.2, -0.15) is 5.26 Å². The van der Waals surface area contributed by atoms with E-state index < -0.39 is 6.10 Å². The molecule has 1 saturated carbocycles. The highest BCUT2D eigenvalue weighted by Crippen LogP contribution is 2.31. The molecular formula is C24H37N3O2. The smallest absolute Gasteiger partial charge is 0.123 e. The van der Waals surface area contributed by atoms with Gasteiger partial charge in [0, 0.05) is 24.7 Å². The molecule has 1 aliphatic heterocycles. The Morgan fingerprint density at radius 3 is 2.62 bits per heavy atom. The van der Waals surface area contributed by atoms with Gasteiger partial charge in [-0.3, -0.25) is 4.90 Å². The average Bonchev–Trinajstić information content (AvgIpc) is 2.75. The first-order valence-electron chi connectivity index (χ1n) is 11.2. The minimum absolute atomic E-state index is 0.180. The molecule has 29 heavy (non-hydrogen) atoms. The highest BCUT2D eigenvalue weighted by molar-refractivity contribution is 5.33. The maximum absolute atomic E-state index is 10.5. The Bertz CT molecular complexity index is 673. The van der Waals surface area contributed by atoms with E-state index in [1.807, 2.05) is 18.2 Å². The van der Waals surface area contributed by atoms with E-state index in [1.165, 1.54) is 32.1 Å². The molecule has 1 saturated heterocycles. The summed E-state index contributed by atoms with van der Waals surface area (Å²) >= 11 is 0. The van der Waals surface area contributed by atoms with Crippen molar-refractivity contribution in [3.63, 3.8) is 0 Å². The van der Waals surface area contributed by atoms with Crippen LogP contribution in [0, 0.1) is 16.7 Å². The van der Waals surface area contributed by atoms with E-state index in [0.717, 1.165) is 43.8 Å². The fourth-order valence-corrected chi connectivity index (χ4v) is 4.57. The van der Waals surface area contributed by atoms with Gasteiger partial charge in [0.05, 0.1) is 11.5 Å². The average molecular weight is 400 g/mol. The summed E-state index contributed by atoms with van der Waals surface area (Å²) in [5.74, 6) is 0.862. The number of likely N-dealkylation sites (N-methyl/N-ethyl adjacent to an activating group) is 1. The lowest BCUT2D eigenvalue weighted by Gasteiger charge is -2.35. The van der Waals surface area contributed by atoms with Gasteiger partial charge in [0.25, 0.3) is 0 Å². The number of piperidine rings is 1. The summed E-state index contributed by atoms with van der Waals surface area (Å²) < 4.78 is 6.04. The summed E-state index contributed by atoms with van der Waals surface area (Å²) in [4.78, 5) is 4.70. The maximum atomic E-state index is 10.5. The van der Waals surface area contributed by atoms with E-state index in [9.17, 15) is 10.4 Å². The number of rotatable bonds is 8. The predicted molar refractivity (Wildman–Crippen MR) is 116 cm³/mol. The van der Waals surface area contributed by atoms with E-state index in [4.69, 9.17) is 4.74 Å². The van der Waals surface area contributed by atoms with E-state index in [0.29, 0.717) is 19.2 Å². The molecule has 5 nitrogen and oxygen atoms in total. The van der Waals surface area contributed by atoms with Gasteiger partial charge < -0.3 is 14.7 Å². The van der Waals surface area contributed by atoms with Crippen LogP contribution in [-0.2, 0) is 6.54 Å². The van der Waals surface area contributed by atoms with Crippen molar-refractivity contribution >= 4 is 0 Å². The minimum Gasteiger partial charge on any atom is -0.491 e. The van der Waals surface area contributed by atoms with E-state index in [-0.39, 0.29) is 5.41 Å². The molecular weight excluding hydrogens is 362 g/mol. The van der Waals surface area contributed by atoms with Gasteiger partial charge in [-0.05, 0) is 58.8 Å². The second-order valence-electron chi connectivity index (χ2n) is 9.25. The van der Waals surface area contributed by atoms with Crippen molar-refractivity contribution in [1.82, 2.24) is 9.80 Å². The predicted octanol–water partition coefficient (Wildman–Crippen LogP) is 3.82. The molecule has 3 rings (SSSR count). The van der Waals surface area contributed by atoms with Crippen LogP contribution in [0.3, 0.4) is 0 Å². The second kappa shape index (κ2) is 10.4. The second-order valence-corrected chi connectivity index (χ2v) is 9.25. The molecule has 1 aromatic carbocycles. The van der Waals surface area contributed by atoms with Gasteiger partial charge in [0.1, 0.15) is 18.5 Å². The molecule has 1 heterocycles. The molecule has 5 heteroatoms. The number of nitriles is 1. The maximum Gasteiger partial charge on any atom is 0.123 e. The highest BCUT2D eigenvalue weighted by Gasteiger charge is 2.30. The normalized spacial score (nSPS) is 21.6. The minimum atomic E-state index is -0.485. The molecule has 1 aliphatic carbocycles. The molecule has 1 atom stereocenters. The zero-order valence-corrected chi connectivity index (χ0v) is 18.1. The van der Waals surface area contributed by atoms with Crippen molar-refractivity contribution in [2.75, 3.05) is 33.3 Å². The lowest BCUT2D eigenvalue weighted by atomic mass is 9.82. The van der Waals surface area contributed by atoms with Crippen LogP contribution in [-0.4, -0.2) is 60.3 Å². The van der Waals surface area contributed by atoms with Crippen LogP contribution in [0.4, 0.5) is 0 Å². The van der Waals surface area contributed by atoms with Crippen LogP contribution in [0.1, 0.15) is 57.4 Å². The number of para-hydroxylation sites is 1. The number of aliphatic hydroxyl groups excluding tert-OH is 1. The van der Waals surface area contributed by atoms with Gasteiger partial charge >= 0.3 is 0 Å². The molecule has 0 unspecified atom stereocenters. The van der Waals surface area contributed by atoms with E-state index in [1.54, 1.807) is 0 Å². The SMILES string of the molecule is CN(C[C@@H](O)COc1ccccc1CN1CCC(C)(C#N)CC1)C1CCCCC1. The third-order valence-corrected chi connectivity index (χ3v) is 6.72. The molecule has 2 aliphatic rings. The molecule has 0 radical (unpaired) electrons. The summed E-state index contributed by atoms with van der Waals surface area (Å²) in [5.41, 5.74) is 0.974. The van der Waals surface area contributed by atoms with Crippen molar-refractivity contribution in [2.45, 2.75) is 70.6 Å². The van der Waals surface area contributed by atoms with Crippen LogP contribution in [0.15, 0.2) is 24.3 Å². The molecule has 0 spiro atoms. The largest absolute Gasteiger partial charge is 0.491 e. The van der Waals surface area contributed by atoms with Crippen molar-refractivity contribution in [2.24, 2.45) is 5.41 Å². The molecule has 160 valence electrons. The Morgan fingerprint density at radius 1 is 1.24 bits per heavy atom. The van der Waals surface area contributed by atoms with Gasteiger partial charge in [0.15, 0.2) is 0 Å². The van der Waals surface area contributed by atoms with Crippen LogP contribution in [0.25, 0.3) is 0 Å². The number of hydrogen-bond acceptors (Lipinski definition) is 5. The van der Waals surface area contributed by atoms with Gasteiger partial charge in [-0.25, -0.2) is 0 Å². The summed E-state index contributed by atoms with van der Waals surface area (Å²) in [7, 11) is 2.12. The first-order chi connectivity index (χ1) is 14.0. The molecule has 0 bridgehead atoms. The number of hydrogen-bond donors (Lipinski definition) is 1.